The van der Waals surface area contributed by atoms with Gasteiger partial charge in [0.2, 0.25) is 0 Å². The number of amides is 1. The first-order chi connectivity index (χ1) is 17.0. The van der Waals surface area contributed by atoms with Crippen molar-refractivity contribution >= 4 is 44.7 Å². The summed E-state index contributed by atoms with van der Waals surface area (Å²) >= 11 is 6.20. The van der Waals surface area contributed by atoms with Crippen LogP contribution in [0.5, 0.6) is 5.75 Å². The van der Waals surface area contributed by atoms with Gasteiger partial charge in [-0.05, 0) is 71.9 Å². The lowest BCUT2D eigenvalue weighted by Crippen LogP contribution is -2.47. The third-order valence-corrected chi connectivity index (χ3v) is 7.16. The molecular weight excluding hydrogens is 458 g/mol. The summed E-state index contributed by atoms with van der Waals surface area (Å²) in [4.78, 5) is 17.6. The number of halogens is 1. The van der Waals surface area contributed by atoms with Gasteiger partial charge in [-0.25, -0.2) is 0 Å². The predicted molar refractivity (Wildman–Crippen MR) is 145 cm³/mol. The Morgan fingerprint density at radius 2 is 1.71 bits per heavy atom. The normalized spacial score (nSPS) is 14.5. The van der Waals surface area contributed by atoms with Gasteiger partial charge in [0.15, 0.2) is 0 Å². The van der Waals surface area contributed by atoms with E-state index in [1.54, 1.807) is 6.07 Å². The number of phenols is 1. The molecule has 0 bridgehead atoms. The van der Waals surface area contributed by atoms with E-state index in [0.717, 1.165) is 65.7 Å². The SMILES string of the molecule is Cc1ccc(Cl)cc1N1CCN(CCCNC(=O)c2ccc3c(c2)cc(O)c2ccccc23)CC1. The fourth-order valence-corrected chi connectivity index (χ4v) is 5.14. The van der Waals surface area contributed by atoms with Gasteiger partial charge in [-0.2, -0.15) is 0 Å². The zero-order chi connectivity index (χ0) is 24.4. The van der Waals surface area contributed by atoms with E-state index in [1.165, 1.54) is 11.3 Å². The average Bonchev–Trinajstić information content (AvgIpc) is 2.88. The third kappa shape index (κ3) is 5.07. The maximum atomic E-state index is 12.7. The molecule has 0 aromatic heterocycles. The molecular formula is C29H30ClN3O2. The van der Waals surface area contributed by atoms with Gasteiger partial charge < -0.3 is 15.3 Å². The number of carbonyl (C=O) groups excluding carboxylic acids is 1. The maximum absolute atomic E-state index is 12.7. The van der Waals surface area contributed by atoms with Gasteiger partial charge in [0.25, 0.3) is 5.91 Å². The molecule has 4 aromatic carbocycles. The van der Waals surface area contributed by atoms with Crippen LogP contribution in [0.25, 0.3) is 21.5 Å². The minimum Gasteiger partial charge on any atom is -0.507 e. The van der Waals surface area contributed by atoms with Gasteiger partial charge in [0, 0.05) is 54.4 Å². The molecule has 1 heterocycles. The molecule has 0 radical (unpaired) electrons. The Bertz CT molecular complexity index is 1380. The van der Waals surface area contributed by atoms with E-state index >= 15 is 0 Å². The molecule has 35 heavy (non-hydrogen) atoms. The van der Waals surface area contributed by atoms with E-state index in [9.17, 15) is 9.90 Å². The molecule has 5 rings (SSSR count). The standard InChI is InChI=1S/C29H30ClN3O2/c1-20-7-9-23(30)19-27(20)33-15-13-32(14-16-33)12-4-11-31-29(35)21-8-10-24-22(17-21)18-28(34)26-6-3-2-5-25(24)26/h2-3,5-10,17-19,34H,4,11-16H2,1H3,(H,31,35). The Balaban J connectivity index is 1.12. The van der Waals surface area contributed by atoms with E-state index in [0.29, 0.717) is 12.1 Å². The molecule has 1 aliphatic rings. The molecule has 0 aliphatic carbocycles. The van der Waals surface area contributed by atoms with E-state index in [-0.39, 0.29) is 11.7 Å². The zero-order valence-corrected chi connectivity index (χ0v) is 20.7. The van der Waals surface area contributed by atoms with Gasteiger partial charge in [0.1, 0.15) is 5.75 Å². The Morgan fingerprint density at radius 1 is 0.943 bits per heavy atom. The number of carbonyl (C=O) groups is 1. The van der Waals surface area contributed by atoms with Crippen LogP contribution in [-0.4, -0.2) is 55.2 Å². The fraction of sp³-hybridized carbons (Fsp3) is 0.276. The second kappa shape index (κ2) is 10.1. The number of hydrogen-bond acceptors (Lipinski definition) is 4. The lowest BCUT2D eigenvalue weighted by molar-refractivity contribution is 0.0951. The highest BCUT2D eigenvalue weighted by Crippen LogP contribution is 2.33. The fourth-order valence-electron chi connectivity index (χ4n) is 4.98. The highest BCUT2D eigenvalue weighted by molar-refractivity contribution is 6.30. The number of nitrogens with one attached hydrogen (secondary N) is 1. The lowest BCUT2D eigenvalue weighted by Gasteiger charge is -2.37. The molecule has 4 aromatic rings. The highest BCUT2D eigenvalue weighted by atomic mass is 35.5. The summed E-state index contributed by atoms with van der Waals surface area (Å²) in [6.07, 6.45) is 0.904. The van der Waals surface area contributed by atoms with Crippen LogP contribution in [-0.2, 0) is 0 Å². The first-order valence-electron chi connectivity index (χ1n) is 12.2. The number of hydrogen-bond donors (Lipinski definition) is 2. The van der Waals surface area contributed by atoms with Gasteiger partial charge >= 0.3 is 0 Å². The molecule has 0 unspecified atom stereocenters. The number of aromatic hydroxyl groups is 1. The summed E-state index contributed by atoms with van der Waals surface area (Å²) in [5.41, 5.74) is 3.08. The molecule has 1 aliphatic heterocycles. The van der Waals surface area contributed by atoms with E-state index in [4.69, 9.17) is 11.6 Å². The van der Waals surface area contributed by atoms with Crippen LogP contribution < -0.4 is 10.2 Å². The summed E-state index contributed by atoms with van der Waals surface area (Å²) in [6, 6.07) is 21.3. The van der Waals surface area contributed by atoms with Crippen LogP contribution in [0.4, 0.5) is 5.69 Å². The van der Waals surface area contributed by atoms with Crippen molar-refractivity contribution in [3.8, 4) is 5.75 Å². The van der Waals surface area contributed by atoms with Gasteiger partial charge in [0.05, 0.1) is 0 Å². The minimum absolute atomic E-state index is 0.0826. The number of anilines is 1. The number of piperazine rings is 1. The summed E-state index contributed by atoms with van der Waals surface area (Å²) in [6.45, 7) is 7.68. The van der Waals surface area contributed by atoms with Crippen LogP contribution in [0.3, 0.4) is 0 Å². The van der Waals surface area contributed by atoms with E-state index in [1.807, 2.05) is 48.5 Å². The van der Waals surface area contributed by atoms with Crippen molar-refractivity contribution in [2.24, 2.45) is 0 Å². The number of fused-ring (bicyclic) bond motifs is 3. The molecule has 0 spiro atoms. The van der Waals surface area contributed by atoms with E-state index in [2.05, 4.69) is 34.2 Å². The third-order valence-electron chi connectivity index (χ3n) is 6.92. The predicted octanol–water partition coefficient (Wildman–Crippen LogP) is 5.60. The van der Waals surface area contributed by atoms with Crippen LogP contribution in [0, 0.1) is 6.92 Å². The number of benzene rings is 4. The first kappa shape index (κ1) is 23.5. The topological polar surface area (TPSA) is 55.8 Å². The molecule has 1 saturated heterocycles. The maximum Gasteiger partial charge on any atom is 0.251 e. The smallest absolute Gasteiger partial charge is 0.251 e. The molecule has 2 N–H and O–H groups in total. The van der Waals surface area contributed by atoms with Crippen LogP contribution >= 0.6 is 11.6 Å². The quantitative estimate of drug-likeness (QED) is 0.274. The largest absolute Gasteiger partial charge is 0.507 e. The first-order valence-corrected chi connectivity index (χ1v) is 12.5. The number of phenolic OH excluding ortho intramolecular Hbond substituents is 1. The molecule has 0 saturated carbocycles. The number of nitrogens with zero attached hydrogens (tertiary/aromatic N) is 2. The Labute approximate surface area is 210 Å². The summed E-state index contributed by atoms with van der Waals surface area (Å²) < 4.78 is 0. The van der Waals surface area contributed by atoms with Crippen molar-refractivity contribution in [1.29, 1.82) is 0 Å². The molecule has 1 amide bonds. The second-order valence-electron chi connectivity index (χ2n) is 9.25. The summed E-state index contributed by atoms with van der Waals surface area (Å²) in [5, 5.41) is 17.9. The average molecular weight is 488 g/mol. The highest BCUT2D eigenvalue weighted by Gasteiger charge is 2.18. The van der Waals surface area contributed by atoms with Gasteiger partial charge in [-0.15, -0.1) is 0 Å². The van der Waals surface area contributed by atoms with Gasteiger partial charge in [-0.1, -0.05) is 48.0 Å². The lowest BCUT2D eigenvalue weighted by atomic mass is 9.99. The van der Waals surface area contributed by atoms with Crippen LogP contribution in [0.1, 0.15) is 22.3 Å². The summed E-state index contributed by atoms with van der Waals surface area (Å²) in [5.74, 6) is 0.150. The molecule has 0 atom stereocenters. The van der Waals surface area contributed by atoms with Crippen LogP contribution in [0.2, 0.25) is 5.02 Å². The molecule has 180 valence electrons. The Kier molecular flexibility index (Phi) is 6.80. The summed E-state index contributed by atoms with van der Waals surface area (Å²) in [7, 11) is 0. The molecule has 5 nitrogen and oxygen atoms in total. The Hall–Kier alpha value is -3.28. The van der Waals surface area contributed by atoms with Gasteiger partial charge in [-0.3, -0.25) is 9.69 Å². The second-order valence-corrected chi connectivity index (χ2v) is 9.68. The van der Waals surface area contributed by atoms with Crippen molar-refractivity contribution in [2.75, 3.05) is 44.2 Å². The van der Waals surface area contributed by atoms with Crippen LogP contribution in [0.15, 0.2) is 66.7 Å². The molecule has 6 heteroatoms. The molecule has 1 fully saturated rings. The number of aryl methyl sites for hydroxylation is 1. The zero-order valence-electron chi connectivity index (χ0n) is 19.9. The van der Waals surface area contributed by atoms with Crippen molar-refractivity contribution in [3.63, 3.8) is 0 Å². The van der Waals surface area contributed by atoms with E-state index < -0.39 is 0 Å². The number of rotatable bonds is 6. The monoisotopic (exact) mass is 487 g/mol. The van der Waals surface area contributed by atoms with Crippen molar-refractivity contribution in [2.45, 2.75) is 13.3 Å². The van der Waals surface area contributed by atoms with Crippen molar-refractivity contribution in [3.05, 3.63) is 82.9 Å². The van der Waals surface area contributed by atoms with Crippen molar-refractivity contribution < 1.29 is 9.90 Å². The Morgan fingerprint density at radius 3 is 2.51 bits per heavy atom. The van der Waals surface area contributed by atoms with Crippen molar-refractivity contribution in [1.82, 2.24) is 10.2 Å². The minimum atomic E-state index is -0.0826.